The molecule has 1 fully saturated rings. The monoisotopic (exact) mass is 297 g/mol. The van der Waals surface area contributed by atoms with Gasteiger partial charge in [0.25, 0.3) is 0 Å². The van der Waals surface area contributed by atoms with Gasteiger partial charge in [-0.1, -0.05) is 19.8 Å². The van der Waals surface area contributed by atoms with E-state index >= 15 is 0 Å². The smallest absolute Gasteiger partial charge is 0.178 e. The summed E-state index contributed by atoms with van der Waals surface area (Å²) in [5, 5.41) is 0. The first-order chi connectivity index (χ1) is 9.45. The topological polar surface area (TPSA) is 69.4 Å². The Morgan fingerprint density at radius 3 is 2.35 bits per heavy atom. The maximum absolute atomic E-state index is 11.9. The zero-order valence-electron chi connectivity index (χ0n) is 12.0. The summed E-state index contributed by atoms with van der Waals surface area (Å²) in [6, 6.07) is 6.64. The highest BCUT2D eigenvalue weighted by Crippen LogP contribution is 2.28. The van der Waals surface area contributed by atoms with Gasteiger partial charge in [0.1, 0.15) is 12.4 Å². The summed E-state index contributed by atoms with van der Waals surface area (Å²) in [6.45, 7) is 2.35. The van der Waals surface area contributed by atoms with Crippen molar-refractivity contribution in [1.29, 1.82) is 0 Å². The van der Waals surface area contributed by atoms with Crippen molar-refractivity contribution in [2.24, 2.45) is 5.73 Å². The number of hydrogen-bond donors (Lipinski definition) is 1. The molecule has 1 aromatic carbocycles. The fourth-order valence-corrected chi connectivity index (χ4v) is 3.90. The Kier molecular flexibility index (Phi) is 4.70. The fraction of sp³-hybridized carbons (Fsp3) is 0.600. The molecule has 1 aliphatic rings. The normalized spacial score (nSPS) is 18.1. The van der Waals surface area contributed by atoms with Crippen LogP contribution in [-0.4, -0.2) is 26.3 Å². The highest BCUT2D eigenvalue weighted by Gasteiger charge is 2.30. The molecule has 1 saturated carbocycles. The zero-order chi connectivity index (χ0) is 14.6. The van der Waals surface area contributed by atoms with Crippen molar-refractivity contribution in [2.45, 2.75) is 49.5 Å². The molecule has 2 rings (SSSR count). The van der Waals surface area contributed by atoms with Gasteiger partial charge in [-0.05, 0) is 43.5 Å². The fourth-order valence-electron chi connectivity index (χ4n) is 2.58. The molecule has 5 heteroatoms. The molecule has 20 heavy (non-hydrogen) atoms. The molecule has 0 spiro atoms. The van der Waals surface area contributed by atoms with Crippen molar-refractivity contribution in [2.75, 3.05) is 12.4 Å². The molecule has 2 N–H and O–H groups in total. The number of benzene rings is 1. The van der Waals surface area contributed by atoms with Crippen LogP contribution in [0.15, 0.2) is 29.2 Å². The Balaban J connectivity index is 1.98. The van der Waals surface area contributed by atoms with Crippen LogP contribution in [0, 0.1) is 0 Å². The third-order valence-corrected chi connectivity index (χ3v) is 5.72. The van der Waals surface area contributed by atoms with Crippen molar-refractivity contribution in [1.82, 2.24) is 0 Å². The third-order valence-electron chi connectivity index (χ3n) is 3.78. The summed E-state index contributed by atoms with van der Waals surface area (Å²) in [6.07, 6.45) is 4.93. The SMILES string of the molecule is CCCS(=O)(=O)c1ccc(OCC2(N)CCCC2)cc1. The number of nitrogens with two attached hydrogens (primary N) is 1. The zero-order valence-corrected chi connectivity index (χ0v) is 12.8. The summed E-state index contributed by atoms with van der Waals surface area (Å²) in [5.41, 5.74) is 6.01. The molecule has 4 nitrogen and oxygen atoms in total. The van der Waals surface area contributed by atoms with Gasteiger partial charge >= 0.3 is 0 Å². The Labute approximate surface area is 121 Å². The molecule has 1 aliphatic carbocycles. The molecule has 112 valence electrons. The van der Waals surface area contributed by atoms with Gasteiger partial charge in [0.05, 0.1) is 16.2 Å². The van der Waals surface area contributed by atoms with Gasteiger partial charge in [-0.15, -0.1) is 0 Å². The predicted octanol–water partition coefficient (Wildman–Crippen LogP) is 2.52. The van der Waals surface area contributed by atoms with Crippen LogP contribution < -0.4 is 10.5 Å². The third kappa shape index (κ3) is 3.73. The van der Waals surface area contributed by atoms with E-state index in [4.69, 9.17) is 10.5 Å². The average molecular weight is 297 g/mol. The van der Waals surface area contributed by atoms with E-state index in [1.165, 1.54) is 0 Å². The molecular formula is C15H23NO3S. The van der Waals surface area contributed by atoms with Crippen LogP contribution in [0.5, 0.6) is 5.75 Å². The highest BCUT2D eigenvalue weighted by atomic mass is 32.2. The van der Waals surface area contributed by atoms with Crippen molar-refractivity contribution in [3.05, 3.63) is 24.3 Å². The maximum atomic E-state index is 11.9. The van der Waals surface area contributed by atoms with Crippen LogP contribution in [0.1, 0.15) is 39.0 Å². The molecule has 1 aromatic rings. The second kappa shape index (κ2) is 6.14. The number of sulfone groups is 1. The lowest BCUT2D eigenvalue weighted by atomic mass is 10.0. The first-order valence-electron chi connectivity index (χ1n) is 7.20. The minimum atomic E-state index is -3.15. The summed E-state index contributed by atoms with van der Waals surface area (Å²) in [7, 11) is -3.15. The largest absolute Gasteiger partial charge is 0.492 e. The second-order valence-electron chi connectivity index (χ2n) is 5.65. The number of hydrogen-bond acceptors (Lipinski definition) is 4. The quantitative estimate of drug-likeness (QED) is 0.876. The molecule has 0 aliphatic heterocycles. The Morgan fingerprint density at radius 1 is 1.20 bits per heavy atom. The molecular weight excluding hydrogens is 274 g/mol. The summed E-state index contributed by atoms with van der Waals surface area (Å²) < 4.78 is 29.5. The molecule has 0 aromatic heterocycles. The van der Waals surface area contributed by atoms with E-state index in [1.54, 1.807) is 24.3 Å². The summed E-state index contributed by atoms with van der Waals surface area (Å²) in [4.78, 5) is 0.357. The first-order valence-corrected chi connectivity index (χ1v) is 8.85. The highest BCUT2D eigenvalue weighted by molar-refractivity contribution is 7.91. The molecule has 0 atom stereocenters. The van der Waals surface area contributed by atoms with Crippen LogP contribution in [0.4, 0.5) is 0 Å². The van der Waals surface area contributed by atoms with Crippen molar-refractivity contribution in [3.8, 4) is 5.75 Å². The van der Waals surface area contributed by atoms with Crippen LogP contribution in [0.25, 0.3) is 0 Å². The van der Waals surface area contributed by atoms with E-state index in [9.17, 15) is 8.42 Å². The van der Waals surface area contributed by atoms with E-state index in [0.29, 0.717) is 23.7 Å². The van der Waals surface area contributed by atoms with E-state index < -0.39 is 9.84 Å². The van der Waals surface area contributed by atoms with Crippen molar-refractivity contribution >= 4 is 9.84 Å². The molecule has 0 amide bonds. The van der Waals surface area contributed by atoms with Crippen LogP contribution in [-0.2, 0) is 9.84 Å². The number of rotatable bonds is 6. The average Bonchev–Trinajstić information content (AvgIpc) is 2.84. The predicted molar refractivity (Wildman–Crippen MR) is 79.7 cm³/mol. The summed E-state index contributed by atoms with van der Waals surface area (Å²) >= 11 is 0. The lowest BCUT2D eigenvalue weighted by molar-refractivity contribution is 0.220. The minimum absolute atomic E-state index is 0.180. The molecule has 0 unspecified atom stereocenters. The molecule has 0 radical (unpaired) electrons. The van der Waals surface area contributed by atoms with Crippen LogP contribution in [0.3, 0.4) is 0 Å². The van der Waals surface area contributed by atoms with Gasteiger partial charge in [0.2, 0.25) is 0 Å². The van der Waals surface area contributed by atoms with E-state index in [-0.39, 0.29) is 11.3 Å². The second-order valence-corrected chi connectivity index (χ2v) is 7.76. The van der Waals surface area contributed by atoms with Gasteiger partial charge in [0, 0.05) is 0 Å². The van der Waals surface area contributed by atoms with Gasteiger partial charge < -0.3 is 10.5 Å². The standard InChI is InChI=1S/C15H23NO3S/c1-2-11-20(17,18)14-7-5-13(6-8-14)19-12-15(16)9-3-4-10-15/h5-8H,2-4,9-12,16H2,1H3. The Bertz CT molecular complexity index is 531. The van der Waals surface area contributed by atoms with Crippen molar-refractivity contribution < 1.29 is 13.2 Å². The van der Waals surface area contributed by atoms with Gasteiger partial charge in [-0.3, -0.25) is 0 Å². The summed E-state index contributed by atoms with van der Waals surface area (Å²) in [5.74, 6) is 0.858. The van der Waals surface area contributed by atoms with Crippen LogP contribution in [0.2, 0.25) is 0 Å². The lowest BCUT2D eigenvalue weighted by Gasteiger charge is -2.23. The first kappa shape index (κ1) is 15.3. The lowest BCUT2D eigenvalue weighted by Crippen LogP contribution is -2.42. The maximum Gasteiger partial charge on any atom is 0.178 e. The minimum Gasteiger partial charge on any atom is -0.492 e. The van der Waals surface area contributed by atoms with E-state index in [2.05, 4.69) is 0 Å². The van der Waals surface area contributed by atoms with Gasteiger partial charge in [0.15, 0.2) is 9.84 Å². The Hall–Kier alpha value is -1.07. The van der Waals surface area contributed by atoms with Crippen molar-refractivity contribution in [3.63, 3.8) is 0 Å². The van der Waals surface area contributed by atoms with Crippen LogP contribution >= 0.6 is 0 Å². The van der Waals surface area contributed by atoms with Gasteiger partial charge in [-0.2, -0.15) is 0 Å². The van der Waals surface area contributed by atoms with E-state index in [1.807, 2.05) is 6.92 Å². The van der Waals surface area contributed by atoms with Gasteiger partial charge in [-0.25, -0.2) is 8.42 Å². The van der Waals surface area contributed by atoms with E-state index in [0.717, 1.165) is 25.7 Å². The Morgan fingerprint density at radius 2 is 1.80 bits per heavy atom. The number of ether oxygens (including phenoxy) is 1. The molecule has 0 heterocycles. The molecule has 0 bridgehead atoms. The molecule has 0 saturated heterocycles.